The highest BCUT2D eigenvalue weighted by Gasteiger charge is 2.16. The summed E-state index contributed by atoms with van der Waals surface area (Å²) in [7, 11) is 0. The molecule has 1 aromatic carbocycles. The molecule has 0 spiro atoms. The van der Waals surface area contributed by atoms with E-state index in [4.69, 9.17) is 0 Å². The lowest BCUT2D eigenvalue weighted by Crippen LogP contribution is -2.24. The van der Waals surface area contributed by atoms with Crippen LogP contribution in [-0.2, 0) is 0 Å². The highest BCUT2D eigenvalue weighted by atomic mass is 14.9. The van der Waals surface area contributed by atoms with Crippen LogP contribution in [-0.4, -0.2) is 4.98 Å². The van der Waals surface area contributed by atoms with Crippen LogP contribution in [0.1, 0.15) is 59.6 Å². The van der Waals surface area contributed by atoms with Gasteiger partial charge in [0.25, 0.3) is 0 Å². The van der Waals surface area contributed by atoms with Crippen LogP contribution < -0.4 is 5.32 Å². The lowest BCUT2D eigenvalue weighted by Gasteiger charge is -2.24. The Morgan fingerprint density at radius 3 is 2.19 bits per heavy atom. The zero-order chi connectivity index (χ0) is 15.6. The minimum Gasteiger partial charge on any atom is -0.304 e. The lowest BCUT2D eigenvalue weighted by molar-refractivity contribution is 0.488. The van der Waals surface area contributed by atoms with E-state index in [0.29, 0.717) is 6.04 Å². The van der Waals surface area contributed by atoms with E-state index in [1.165, 1.54) is 22.3 Å². The van der Waals surface area contributed by atoms with Crippen molar-refractivity contribution in [3.8, 4) is 0 Å². The Labute approximate surface area is 128 Å². The van der Waals surface area contributed by atoms with Gasteiger partial charge in [0.05, 0.1) is 0 Å². The number of aromatic nitrogens is 1. The van der Waals surface area contributed by atoms with Crippen molar-refractivity contribution in [2.45, 2.75) is 53.6 Å². The Kier molecular flexibility index (Phi) is 4.79. The van der Waals surface area contributed by atoms with Crippen LogP contribution in [0.3, 0.4) is 0 Å². The number of hydrogen-bond acceptors (Lipinski definition) is 2. The SMILES string of the molecule is Cc1cc(C)c(C(C)N[C@H](C)c2ccccc2C)c(C)n1. The summed E-state index contributed by atoms with van der Waals surface area (Å²) in [4.78, 5) is 4.61. The first kappa shape index (κ1) is 15.7. The van der Waals surface area contributed by atoms with Gasteiger partial charge in [-0.15, -0.1) is 0 Å². The monoisotopic (exact) mass is 282 g/mol. The van der Waals surface area contributed by atoms with Crippen molar-refractivity contribution in [2.75, 3.05) is 0 Å². The van der Waals surface area contributed by atoms with Gasteiger partial charge in [0.2, 0.25) is 0 Å². The summed E-state index contributed by atoms with van der Waals surface area (Å²) in [6.07, 6.45) is 0. The molecule has 0 aliphatic carbocycles. The Morgan fingerprint density at radius 1 is 0.905 bits per heavy atom. The van der Waals surface area contributed by atoms with Crippen LogP contribution in [0.15, 0.2) is 30.3 Å². The first-order valence-corrected chi connectivity index (χ1v) is 7.66. The number of nitrogens with zero attached hydrogens (tertiary/aromatic N) is 1. The molecule has 0 fully saturated rings. The van der Waals surface area contributed by atoms with Gasteiger partial charge in [0.15, 0.2) is 0 Å². The van der Waals surface area contributed by atoms with Crippen LogP contribution in [0, 0.1) is 27.7 Å². The van der Waals surface area contributed by atoms with Crippen molar-refractivity contribution in [2.24, 2.45) is 0 Å². The topological polar surface area (TPSA) is 24.9 Å². The lowest BCUT2D eigenvalue weighted by atomic mass is 9.97. The number of hydrogen-bond donors (Lipinski definition) is 1. The zero-order valence-corrected chi connectivity index (χ0v) is 14.0. The van der Waals surface area contributed by atoms with E-state index in [-0.39, 0.29) is 6.04 Å². The molecule has 2 rings (SSSR count). The molecule has 0 aliphatic rings. The fourth-order valence-electron chi connectivity index (χ4n) is 3.31. The predicted molar refractivity (Wildman–Crippen MR) is 89.6 cm³/mol. The summed E-state index contributed by atoms with van der Waals surface area (Å²) >= 11 is 0. The number of aryl methyl sites for hydroxylation is 4. The minimum atomic E-state index is 0.285. The van der Waals surface area contributed by atoms with E-state index < -0.39 is 0 Å². The number of pyridine rings is 1. The molecule has 0 radical (unpaired) electrons. The third kappa shape index (κ3) is 3.51. The van der Waals surface area contributed by atoms with Crippen molar-refractivity contribution >= 4 is 0 Å². The molecule has 1 N–H and O–H groups in total. The van der Waals surface area contributed by atoms with Crippen LogP contribution in [0.2, 0.25) is 0 Å². The van der Waals surface area contributed by atoms with Gasteiger partial charge in [-0.1, -0.05) is 24.3 Å². The van der Waals surface area contributed by atoms with Gasteiger partial charge in [-0.25, -0.2) is 0 Å². The van der Waals surface area contributed by atoms with Crippen molar-refractivity contribution in [3.63, 3.8) is 0 Å². The van der Waals surface area contributed by atoms with Gasteiger partial charge in [-0.2, -0.15) is 0 Å². The van der Waals surface area contributed by atoms with E-state index in [1.54, 1.807) is 0 Å². The third-order valence-corrected chi connectivity index (χ3v) is 4.17. The average Bonchev–Trinajstić information content (AvgIpc) is 2.37. The maximum absolute atomic E-state index is 4.61. The fraction of sp³-hybridized carbons (Fsp3) is 0.421. The maximum Gasteiger partial charge on any atom is 0.0426 e. The Balaban J connectivity index is 2.22. The first-order chi connectivity index (χ1) is 9.90. The van der Waals surface area contributed by atoms with Gasteiger partial charge >= 0.3 is 0 Å². The van der Waals surface area contributed by atoms with Gasteiger partial charge in [-0.3, -0.25) is 4.98 Å². The van der Waals surface area contributed by atoms with Crippen LogP contribution in [0.25, 0.3) is 0 Å². The summed E-state index contributed by atoms with van der Waals surface area (Å²) in [5.74, 6) is 0. The van der Waals surface area contributed by atoms with Gasteiger partial charge in [0.1, 0.15) is 0 Å². The number of nitrogens with one attached hydrogen (secondary N) is 1. The van der Waals surface area contributed by atoms with E-state index in [0.717, 1.165) is 11.4 Å². The minimum absolute atomic E-state index is 0.285. The normalized spacial score (nSPS) is 14.0. The smallest absolute Gasteiger partial charge is 0.0426 e. The molecule has 1 aromatic heterocycles. The highest BCUT2D eigenvalue weighted by molar-refractivity contribution is 5.34. The molecular weight excluding hydrogens is 256 g/mol. The van der Waals surface area contributed by atoms with Gasteiger partial charge < -0.3 is 5.32 Å². The third-order valence-electron chi connectivity index (χ3n) is 4.17. The van der Waals surface area contributed by atoms with Gasteiger partial charge in [-0.05, 0) is 69.9 Å². The molecule has 2 atom stereocenters. The molecule has 1 heterocycles. The van der Waals surface area contributed by atoms with Crippen LogP contribution >= 0.6 is 0 Å². The molecule has 2 aromatic rings. The largest absolute Gasteiger partial charge is 0.304 e. The Hall–Kier alpha value is -1.67. The van der Waals surface area contributed by atoms with E-state index in [9.17, 15) is 0 Å². The predicted octanol–water partition coefficient (Wildman–Crippen LogP) is 4.73. The quantitative estimate of drug-likeness (QED) is 0.877. The van der Waals surface area contributed by atoms with Crippen molar-refractivity contribution in [1.29, 1.82) is 0 Å². The second-order valence-electron chi connectivity index (χ2n) is 6.05. The number of rotatable bonds is 4. The fourth-order valence-corrected chi connectivity index (χ4v) is 3.31. The second kappa shape index (κ2) is 6.40. The summed E-state index contributed by atoms with van der Waals surface area (Å²) in [6, 6.07) is 11.3. The molecule has 2 heteroatoms. The average molecular weight is 282 g/mol. The summed E-state index contributed by atoms with van der Waals surface area (Å²) in [5.41, 5.74) is 7.55. The Bertz CT molecular complexity index is 608. The van der Waals surface area contributed by atoms with Crippen LogP contribution in [0.4, 0.5) is 0 Å². The van der Waals surface area contributed by atoms with Crippen molar-refractivity contribution < 1.29 is 0 Å². The zero-order valence-electron chi connectivity index (χ0n) is 14.0. The highest BCUT2D eigenvalue weighted by Crippen LogP contribution is 2.25. The van der Waals surface area contributed by atoms with Crippen molar-refractivity contribution in [3.05, 3.63) is 64.0 Å². The molecule has 0 saturated heterocycles. The summed E-state index contributed by atoms with van der Waals surface area (Å²) in [5, 5.41) is 3.71. The summed E-state index contributed by atoms with van der Waals surface area (Å²) in [6.45, 7) is 13.0. The Morgan fingerprint density at radius 2 is 1.57 bits per heavy atom. The van der Waals surface area contributed by atoms with E-state index in [2.05, 4.69) is 82.2 Å². The summed E-state index contributed by atoms with van der Waals surface area (Å²) < 4.78 is 0. The van der Waals surface area contributed by atoms with Gasteiger partial charge in [0, 0.05) is 23.5 Å². The first-order valence-electron chi connectivity index (χ1n) is 7.66. The molecule has 1 unspecified atom stereocenters. The standard InChI is InChI=1S/C19H26N2/c1-12-9-7-8-10-18(12)15(4)21-17(6)19-13(2)11-14(3)20-16(19)5/h7-11,15,17,21H,1-6H3/t15-,17?/m1/s1. The molecule has 0 bridgehead atoms. The van der Waals surface area contributed by atoms with E-state index in [1.807, 2.05) is 0 Å². The molecule has 0 amide bonds. The molecule has 0 aliphatic heterocycles. The molecule has 2 nitrogen and oxygen atoms in total. The second-order valence-corrected chi connectivity index (χ2v) is 6.05. The number of benzene rings is 1. The van der Waals surface area contributed by atoms with Crippen molar-refractivity contribution in [1.82, 2.24) is 10.3 Å². The molecule has 112 valence electrons. The molecular formula is C19H26N2. The van der Waals surface area contributed by atoms with E-state index >= 15 is 0 Å². The molecule has 21 heavy (non-hydrogen) atoms. The molecule has 0 saturated carbocycles. The maximum atomic E-state index is 4.61. The van der Waals surface area contributed by atoms with Crippen LogP contribution in [0.5, 0.6) is 0 Å².